The van der Waals surface area contributed by atoms with Crippen molar-refractivity contribution in [3.8, 4) is 5.75 Å². The minimum Gasteiger partial charge on any atom is -0.497 e. The zero-order valence-electron chi connectivity index (χ0n) is 13.6. The first-order chi connectivity index (χ1) is 11.7. The number of ether oxygens (including phenoxy) is 1. The molecule has 2 aromatic carbocycles. The summed E-state index contributed by atoms with van der Waals surface area (Å²) in [5, 5.41) is 0. The normalized spacial score (nSPS) is 17.1. The van der Waals surface area contributed by atoms with Crippen LogP contribution in [0, 0.1) is 0 Å². The number of halogens is 1. The molecule has 0 spiro atoms. The molecule has 0 N–H and O–H groups in total. The smallest absolute Gasteiger partial charge is 0.233 e. The molecule has 0 aliphatic carbocycles. The van der Waals surface area contributed by atoms with E-state index in [1.807, 2.05) is 41.3 Å². The molecule has 1 unspecified atom stereocenters. The summed E-state index contributed by atoms with van der Waals surface area (Å²) in [6.07, 6.45) is 2.09. The van der Waals surface area contributed by atoms with Crippen LogP contribution in [0.25, 0.3) is 0 Å². The van der Waals surface area contributed by atoms with Crippen molar-refractivity contribution < 1.29 is 9.53 Å². The van der Waals surface area contributed by atoms with Gasteiger partial charge < -0.3 is 9.64 Å². The number of carbonyl (C=O) groups is 1. The highest BCUT2D eigenvalue weighted by Gasteiger charge is 2.29. The van der Waals surface area contributed by atoms with Gasteiger partial charge in [-0.05, 0) is 54.8 Å². The van der Waals surface area contributed by atoms with Gasteiger partial charge in [-0.2, -0.15) is 0 Å². The first kappa shape index (κ1) is 17.4. The second-order valence-corrected chi connectivity index (χ2v) is 7.73. The van der Waals surface area contributed by atoms with Crippen molar-refractivity contribution >= 4 is 33.6 Å². The van der Waals surface area contributed by atoms with Crippen molar-refractivity contribution in [2.45, 2.75) is 23.8 Å². The van der Waals surface area contributed by atoms with Crippen molar-refractivity contribution in [2.75, 3.05) is 19.4 Å². The predicted octanol–water partition coefficient (Wildman–Crippen LogP) is 4.91. The maximum atomic E-state index is 12.7. The second-order valence-electron chi connectivity index (χ2n) is 5.76. The SMILES string of the molecule is COc1ccc(C2CCCN2C(=O)CSc2ccc(Br)cc2)cc1. The van der Waals surface area contributed by atoms with Crippen molar-refractivity contribution in [3.63, 3.8) is 0 Å². The van der Waals surface area contributed by atoms with Gasteiger partial charge in [-0.15, -0.1) is 11.8 Å². The lowest BCUT2D eigenvalue weighted by molar-refractivity contribution is -0.129. The molecule has 126 valence electrons. The van der Waals surface area contributed by atoms with Crippen LogP contribution in [0.1, 0.15) is 24.4 Å². The lowest BCUT2D eigenvalue weighted by atomic mass is 10.0. The van der Waals surface area contributed by atoms with E-state index in [9.17, 15) is 4.79 Å². The number of nitrogens with zero attached hydrogens (tertiary/aromatic N) is 1. The summed E-state index contributed by atoms with van der Waals surface area (Å²) in [5.41, 5.74) is 1.19. The van der Waals surface area contributed by atoms with Crippen LogP contribution < -0.4 is 4.74 Å². The van der Waals surface area contributed by atoms with Crippen LogP contribution in [0.3, 0.4) is 0 Å². The third-order valence-electron chi connectivity index (χ3n) is 4.25. The molecule has 0 radical (unpaired) electrons. The zero-order chi connectivity index (χ0) is 16.9. The molecule has 1 atom stereocenters. The van der Waals surface area contributed by atoms with E-state index in [2.05, 4.69) is 28.1 Å². The minimum atomic E-state index is 0.189. The number of carbonyl (C=O) groups excluding carboxylic acids is 1. The second kappa shape index (κ2) is 8.08. The van der Waals surface area contributed by atoms with E-state index in [0.717, 1.165) is 34.5 Å². The van der Waals surface area contributed by atoms with Crippen LogP contribution in [0.4, 0.5) is 0 Å². The zero-order valence-corrected chi connectivity index (χ0v) is 16.0. The Labute approximate surface area is 155 Å². The maximum absolute atomic E-state index is 12.7. The Morgan fingerprint density at radius 1 is 1.21 bits per heavy atom. The van der Waals surface area contributed by atoms with Crippen LogP contribution in [-0.2, 0) is 4.79 Å². The number of hydrogen-bond donors (Lipinski definition) is 0. The predicted molar refractivity (Wildman–Crippen MR) is 102 cm³/mol. The van der Waals surface area contributed by atoms with Gasteiger partial charge in [-0.25, -0.2) is 0 Å². The standard InChI is InChI=1S/C19H20BrNO2S/c1-23-16-8-4-14(5-9-16)18-3-2-12-21(18)19(22)13-24-17-10-6-15(20)7-11-17/h4-11,18H,2-3,12-13H2,1H3. The molecule has 3 rings (SSSR count). The number of rotatable bonds is 5. The van der Waals surface area contributed by atoms with Crippen molar-refractivity contribution in [1.82, 2.24) is 4.90 Å². The molecule has 24 heavy (non-hydrogen) atoms. The average molecular weight is 406 g/mol. The monoisotopic (exact) mass is 405 g/mol. The molecule has 1 amide bonds. The Morgan fingerprint density at radius 2 is 1.92 bits per heavy atom. The molecular weight excluding hydrogens is 386 g/mol. The first-order valence-corrected chi connectivity index (χ1v) is 9.77. The van der Waals surface area contributed by atoms with Crippen LogP contribution in [0.5, 0.6) is 5.75 Å². The molecule has 1 aliphatic heterocycles. The fraction of sp³-hybridized carbons (Fsp3) is 0.316. The third kappa shape index (κ3) is 4.14. The molecular formula is C19H20BrNO2S. The van der Waals surface area contributed by atoms with Crippen LogP contribution in [-0.4, -0.2) is 30.2 Å². The topological polar surface area (TPSA) is 29.5 Å². The van der Waals surface area contributed by atoms with Crippen LogP contribution in [0.15, 0.2) is 57.9 Å². The number of amides is 1. The van der Waals surface area contributed by atoms with Gasteiger partial charge in [0.2, 0.25) is 5.91 Å². The number of thioether (sulfide) groups is 1. The maximum Gasteiger partial charge on any atom is 0.233 e. The summed E-state index contributed by atoms with van der Waals surface area (Å²) >= 11 is 5.03. The lowest BCUT2D eigenvalue weighted by Gasteiger charge is -2.25. The fourth-order valence-corrected chi connectivity index (χ4v) is 4.05. The molecule has 0 aromatic heterocycles. The number of benzene rings is 2. The van der Waals surface area contributed by atoms with Gasteiger partial charge in [0.25, 0.3) is 0 Å². The Hall–Kier alpha value is -1.46. The Balaban J connectivity index is 1.63. The van der Waals surface area contributed by atoms with E-state index in [1.54, 1.807) is 18.9 Å². The molecule has 1 aliphatic rings. The largest absolute Gasteiger partial charge is 0.497 e. The summed E-state index contributed by atoms with van der Waals surface area (Å²) < 4.78 is 6.27. The number of likely N-dealkylation sites (tertiary alicyclic amines) is 1. The van der Waals surface area contributed by atoms with E-state index in [0.29, 0.717) is 5.75 Å². The Kier molecular flexibility index (Phi) is 5.85. The minimum absolute atomic E-state index is 0.189. The van der Waals surface area contributed by atoms with Gasteiger partial charge in [0.05, 0.1) is 18.9 Å². The van der Waals surface area contributed by atoms with Gasteiger partial charge in [0.15, 0.2) is 0 Å². The van der Waals surface area contributed by atoms with Crippen molar-refractivity contribution in [2.24, 2.45) is 0 Å². The number of methoxy groups -OCH3 is 1. The Morgan fingerprint density at radius 3 is 2.58 bits per heavy atom. The molecule has 0 saturated carbocycles. The van der Waals surface area contributed by atoms with E-state index < -0.39 is 0 Å². The van der Waals surface area contributed by atoms with Gasteiger partial charge in [0, 0.05) is 15.9 Å². The van der Waals surface area contributed by atoms with Crippen molar-refractivity contribution in [3.05, 3.63) is 58.6 Å². The van der Waals surface area contributed by atoms with Gasteiger partial charge in [-0.3, -0.25) is 4.79 Å². The summed E-state index contributed by atoms with van der Waals surface area (Å²) in [4.78, 5) is 15.8. The van der Waals surface area contributed by atoms with E-state index >= 15 is 0 Å². The quantitative estimate of drug-likeness (QED) is 0.661. The summed E-state index contributed by atoms with van der Waals surface area (Å²) in [6, 6.07) is 16.3. The van der Waals surface area contributed by atoms with Crippen LogP contribution in [0.2, 0.25) is 0 Å². The summed E-state index contributed by atoms with van der Waals surface area (Å²) in [7, 11) is 1.67. The molecule has 3 nitrogen and oxygen atoms in total. The highest BCUT2D eigenvalue weighted by Crippen LogP contribution is 2.33. The van der Waals surface area contributed by atoms with E-state index in [4.69, 9.17) is 4.74 Å². The van der Waals surface area contributed by atoms with E-state index in [1.165, 1.54) is 5.56 Å². The van der Waals surface area contributed by atoms with E-state index in [-0.39, 0.29) is 11.9 Å². The van der Waals surface area contributed by atoms with Gasteiger partial charge in [-0.1, -0.05) is 28.1 Å². The molecule has 1 fully saturated rings. The number of hydrogen-bond acceptors (Lipinski definition) is 3. The lowest BCUT2D eigenvalue weighted by Crippen LogP contribution is -2.31. The average Bonchev–Trinajstić information content (AvgIpc) is 3.11. The van der Waals surface area contributed by atoms with Crippen LogP contribution >= 0.6 is 27.7 Å². The fourth-order valence-electron chi connectivity index (χ4n) is 3.00. The third-order valence-corrected chi connectivity index (χ3v) is 5.78. The molecule has 1 saturated heterocycles. The highest BCUT2D eigenvalue weighted by molar-refractivity contribution is 9.10. The molecule has 2 aromatic rings. The van der Waals surface area contributed by atoms with Gasteiger partial charge in [0.1, 0.15) is 5.75 Å². The molecule has 1 heterocycles. The Bertz CT molecular complexity index is 688. The molecule has 5 heteroatoms. The highest BCUT2D eigenvalue weighted by atomic mass is 79.9. The van der Waals surface area contributed by atoms with Crippen molar-refractivity contribution in [1.29, 1.82) is 0 Å². The molecule has 0 bridgehead atoms. The van der Waals surface area contributed by atoms with Gasteiger partial charge >= 0.3 is 0 Å². The summed E-state index contributed by atoms with van der Waals surface area (Å²) in [5.74, 6) is 1.54. The summed E-state index contributed by atoms with van der Waals surface area (Å²) in [6.45, 7) is 0.844. The first-order valence-electron chi connectivity index (χ1n) is 7.99.